The lowest BCUT2D eigenvalue weighted by molar-refractivity contribution is -0.319. The smallest absolute Gasteiger partial charge is 0.330 e. The molecule has 172 valence electrons. The van der Waals surface area contributed by atoms with E-state index in [4.69, 9.17) is 18.9 Å². The molecule has 31 heavy (non-hydrogen) atoms. The highest BCUT2D eigenvalue weighted by atomic mass is 16.7. The molecule has 0 saturated carbocycles. The largest absolute Gasteiger partial charge is 0.459 e. The molecule has 2 fully saturated rings. The molecule has 2 aliphatic rings. The first-order valence-corrected chi connectivity index (χ1v) is 9.63. The molecule has 2 heterocycles. The normalized spacial score (nSPS) is 38.5. The minimum Gasteiger partial charge on any atom is -0.459 e. The summed E-state index contributed by atoms with van der Waals surface area (Å²) >= 11 is 0. The standard InChI is InChI=1S/C20H26O11/c21-8-12-14(23)16(15(24)18(26)30-12)31-19-17(25)20(27,10-29-19)9-28-13(22)7-6-11-4-2-1-3-5-11/h1-7,12,14-19,21,23-27H,8-10H2/t12-,14-,15-,16+,17+,18+,19+,20-/m1/s1. The van der Waals surface area contributed by atoms with Gasteiger partial charge in [0, 0.05) is 6.08 Å². The van der Waals surface area contributed by atoms with E-state index >= 15 is 0 Å². The molecule has 0 bridgehead atoms. The number of hydrogen-bond acceptors (Lipinski definition) is 11. The first-order chi connectivity index (χ1) is 14.7. The number of benzene rings is 1. The third kappa shape index (κ3) is 5.47. The number of carbonyl (C=O) groups is 1. The number of rotatable bonds is 7. The monoisotopic (exact) mass is 442 g/mol. The fraction of sp³-hybridized carbons (Fsp3) is 0.550. The zero-order valence-electron chi connectivity index (χ0n) is 16.4. The van der Waals surface area contributed by atoms with E-state index in [1.165, 1.54) is 12.2 Å². The van der Waals surface area contributed by atoms with Crippen LogP contribution in [0.4, 0.5) is 0 Å². The van der Waals surface area contributed by atoms with E-state index in [-0.39, 0.29) is 0 Å². The molecule has 0 aromatic heterocycles. The fourth-order valence-electron chi connectivity index (χ4n) is 3.25. The van der Waals surface area contributed by atoms with Crippen LogP contribution in [-0.2, 0) is 23.7 Å². The molecule has 0 aliphatic carbocycles. The first-order valence-electron chi connectivity index (χ1n) is 9.63. The Morgan fingerprint density at radius 3 is 2.55 bits per heavy atom. The van der Waals surface area contributed by atoms with Crippen LogP contribution in [0, 0.1) is 0 Å². The number of esters is 1. The molecule has 2 aliphatic heterocycles. The number of hydrogen-bond donors (Lipinski definition) is 6. The summed E-state index contributed by atoms with van der Waals surface area (Å²) in [5.41, 5.74) is -1.23. The minimum atomic E-state index is -2.00. The van der Waals surface area contributed by atoms with Crippen molar-refractivity contribution in [2.45, 2.75) is 48.7 Å². The highest BCUT2D eigenvalue weighted by molar-refractivity contribution is 5.87. The van der Waals surface area contributed by atoms with Crippen molar-refractivity contribution in [3.8, 4) is 0 Å². The molecule has 11 heteroatoms. The summed E-state index contributed by atoms with van der Waals surface area (Å²) in [5.74, 6) is -0.752. The average molecular weight is 442 g/mol. The minimum absolute atomic E-state index is 0.462. The van der Waals surface area contributed by atoms with Crippen LogP contribution in [0.2, 0.25) is 0 Å². The highest BCUT2D eigenvalue weighted by Gasteiger charge is 2.53. The number of aliphatic hydroxyl groups excluding tert-OH is 5. The van der Waals surface area contributed by atoms with Gasteiger partial charge in [0.1, 0.15) is 37.1 Å². The summed E-state index contributed by atoms with van der Waals surface area (Å²) < 4.78 is 20.4. The Hall–Kier alpha value is -1.93. The molecule has 0 spiro atoms. The zero-order chi connectivity index (χ0) is 22.6. The van der Waals surface area contributed by atoms with Crippen LogP contribution in [0.25, 0.3) is 6.08 Å². The Morgan fingerprint density at radius 2 is 1.87 bits per heavy atom. The summed E-state index contributed by atoms with van der Waals surface area (Å²) in [5, 5.41) is 60.1. The third-order valence-electron chi connectivity index (χ3n) is 5.11. The van der Waals surface area contributed by atoms with Gasteiger partial charge in [-0.25, -0.2) is 4.79 Å². The maximum Gasteiger partial charge on any atom is 0.330 e. The van der Waals surface area contributed by atoms with Gasteiger partial charge in [-0.3, -0.25) is 0 Å². The van der Waals surface area contributed by atoms with Gasteiger partial charge >= 0.3 is 5.97 Å². The Bertz CT molecular complexity index is 757. The van der Waals surface area contributed by atoms with Crippen LogP contribution in [0.1, 0.15) is 5.56 Å². The van der Waals surface area contributed by atoms with Crippen molar-refractivity contribution < 1.29 is 54.4 Å². The molecule has 8 atom stereocenters. The van der Waals surface area contributed by atoms with E-state index in [2.05, 4.69) is 0 Å². The maximum atomic E-state index is 11.9. The summed E-state index contributed by atoms with van der Waals surface area (Å²) in [6.07, 6.45) is -8.25. The van der Waals surface area contributed by atoms with E-state index in [0.717, 1.165) is 5.56 Å². The van der Waals surface area contributed by atoms with Crippen LogP contribution in [0.5, 0.6) is 0 Å². The molecule has 3 rings (SSSR count). The van der Waals surface area contributed by atoms with E-state index in [0.29, 0.717) is 0 Å². The van der Waals surface area contributed by atoms with Gasteiger partial charge in [-0.2, -0.15) is 0 Å². The SMILES string of the molecule is O=C(C=Cc1ccccc1)OC[C@@]1(O)CO[C@@H](O[C@@H]2[C@@H](O)[C@@H](O)O[C@H](CO)[C@H]2O)[C@@H]1O. The second kappa shape index (κ2) is 10.1. The molecule has 0 radical (unpaired) electrons. The molecule has 11 nitrogen and oxygen atoms in total. The van der Waals surface area contributed by atoms with Gasteiger partial charge < -0.3 is 49.6 Å². The van der Waals surface area contributed by atoms with Gasteiger partial charge in [0.15, 0.2) is 18.2 Å². The Labute approximate surface area is 177 Å². The number of carbonyl (C=O) groups excluding carboxylic acids is 1. The molecule has 0 amide bonds. The molecule has 0 unspecified atom stereocenters. The summed E-state index contributed by atoms with van der Waals surface area (Å²) in [7, 11) is 0. The van der Waals surface area contributed by atoms with Gasteiger partial charge in [-0.15, -0.1) is 0 Å². The summed E-state index contributed by atoms with van der Waals surface area (Å²) in [4.78, 5) is 11.9. The quantitative estimate of drug-likeness (QED) is 0.195. The Balaban J connectivity index is 1.56. The van der Waals surface area contributed by atoms with Crippen LogP contribution in [0.15, 0.2) is 36.4 Å². The van der Waals surface area contributed by atoms with E-state index in [1.54, 1.807) is 24.3 Å². The predicted molar refractivity (Wildman–Crippen MR) is 102 cm³/mol. The first kappa shape index (κ1) is 23.7. The van der Waals surface area contributed by atoms with Crippen molar-refractivity contribution in [1.29, 1.82) is 0 Å². The zero-order valence-corrected chi connectivity index (χ0v) is 16.4. The molecule has 2 saturated heterocycles. The second-order valence-electron chi connectivity index (χ2n) is 7.41. The molecular formula is C20H26O11. The van der Waals surface area contributed by atoms with Crippen molar-refractivity contribution >= 4 is 12.0 Å². The van der Waals surface area contributed by atoms with Crippen molar-refractivity contribution in [2.24, 2.45) is 0 Å². The van der Waals surface area contributed by atoms with Crippen LogP contribution in [-0.4, -0.2) is 105 Å². The van der Waals surface area contributed by atoms with Crippen molar-refractivity contribution in [2.75, 3.05) is 19.8 Å². The molecule has 1 aromatic carbocycles. The second-order valence-corrected chi connectivity index (χ2v) is 7.41. The van der Waals surface area contributed by atoms with Gasteiger partial charge in [0.2, 0.25) is 0 Å². The molecule has 6 N–H and O–H groups in total. The fourth-order valence-corrected chi connectivity index (χ4v) is 3.25. The topological polar surface area (TPSA) is 175 Å². The Morgan fingerprint density at radius 1 is 1.16 bits per heavy atom. The summed E-state index contributed by atoms with van der Waals surface area (Å²) in [6, 6.07) is 8.99. The van der Waals surface area contributed by atoms with Crippen LogP contribution >= 0.6 is 0 Å². The van der Waals surface area contributed by atoms with E-state index in [1.807, 2.05) is 6.07 Å². The van der Waals surface area contributed by atoms with Gasteiger partial charge in [0.25, 0.3) is 0 Å². The van der Waals surface area contributed by atoms with E-state index in [9.17, 15) is 35.4 Å². The van der Waals surface area contributed by atoms with E-state index < -0.39 is 74.5 Å². The van der Waals surface area contributed by atoms with Crippen LogP contribution in [0.3, 0.4) is 0 Å². The van der Waals surface area contributed by atoms with Crippen molar-refractivity contribution in [3.05, 3.63) is 42.0 Å². The number of aliphatic hydroxyl groups is 6. The third-order valence-corrected chi connectivity index (χ3v) is 5.11. The van der Waals surface area contributed by atoms with Gasteiger partial charge in [-0.1, -0.05) is 30.3 Å². The van der Waals surface area contributed by atoms with Gasteiger partial charge in [0.05, 0.1) is 13.2 Å². The lowest BCUT2D eigenvalue weighted by Gasteiger charge is -2.41. The number of ether oxygens (including phenoxy) is 4. The van der Waals surface area contributed by atoms with Crippen LogP contribution < -0.4 is 0 Å². The summed E-state index contributed by atoms with van der Waals surface area (Å²) in [6.45, 7) is -1.72. The highest BCUT2D eigenvalue weighted by Crippen LogP contribution is 2.30. The molecule has 1 aromatic rings. The average Bonchev–Trinajstić information content (AvgIpc) is 3.05. The Kier molecular flexibility index (Phi) is 7.75. The lowest BCUT2D eigenvalue weighted by atomic mass is 9.98. The predicted octanol–water partition coefficient (Wildman–Crippen LogP) is -2.49. The van der Waals surface area contributed by atoms with Crippen molar-refractivity contribution in [3.63, 3.8) is 0 Å². The van der Waals surface area contributed by atoms with Gasteiger partial charge in [-0.05, 0) is 11.6 Å². The maximum absolute atomic E-state index is 11.9. The molecular weight excluding hydrogens is 416 g/mol. The van der Waals surface area contributed by atoms with Crippen molar-refractivity contribution in [1.82, 2.24) is 0 Å². The lowest BCUT2D eigenvalue weighted by Crippen LogP contribution is -2.61.